The number of allylic oxidation sites excluding steroid dienone is 1. The van der Waals surface area contributed by atoms with Gasteiger partial charge >= 0.3 is 23.9 Å². The molecule has 4 heterocycles. The van der Waals surface area contributed by atoms with Crippen LogP contribution in [0, 0.1) is 13.8 Å². The highest BCUT2D eigenvalue weighted by Crippen LogP contribution is 2.30. The number of fused-ring (bicyclic) bond motifs is 2. The van der Waals surface area contributed by atoms with Crippen molar-refractivity contribution in [3.63, 3.8) is 0 Å². The van der Waals surface area contributed by atoms with E-state index in [1.165, 1.54) is 32.1 Å². The molecule has 1 aromatic heterocycles. The Morgan fingerprint density at radius 3 is 1.78 bits per heavy atom. The number of nitrogens with one attached hydrogen (secondary N) is 2. The number of hydrogen-bond donors (Lipinski definition) is 7. The van der Waals surface area contributed by atoms with Gasteiger partial charge in [-0.3, -0.25) is 14.4 Å². The number of aromatic nitrogens is 4. The second-order valence-electron chi connectivity index (χ2n) is 11.2. The minimum Gasteiger partial charge on any atom is -0.494 e. The quantitative estimate of drug-likeness (QED) is 0.120. The summed E-state index contributed by atoms with van der Waals surface area (Å²) < 4.78 is 0.797. The van der Waals surface area contributed by atoms with E-state index in [0.717, 1.165) is 46.1 Å². The molecular formula is C33H22N6O12. The van der Waals surface area contributed by atoms with Crippen LogP contribution in [0.1, 0.15) is 68.5 Å². The molecule has 0 saturated carbocycles. The minimum atomic E-state index is -1.44. The summed E-state index contributed by atoms with van der Waals surface area (Å²) in [6, 6.07) is 6.11. The summed E-state index contributed by atoms with van der Waals surface area (Å²) in [4.78, 5) is 91.3. The van der Waals surface area contributed by atoms with Gasteiger partial charge in [-0.05, 0) is 73.5 Å². The molecule has 0 aliphatic carbocycles. The van der Waals surface area contributed by atoms with E-state index in [-0.39, 0.29) is 55.7 Å². The molecule has 0 spiro atoms. The van der Waals surface area contributed by atoms with E-state index in [9.17, 15) is 59.1 Å². The number of amides is 1. The average Bonchev–Trinajstić information content (AvgIpc) is 3.58. The van der Waals surface area contributed by atoms with Gasteiger partial charge in [-0.1, -0.05) is 6.08 Å². The highest BCUT2D eigenvalue weighted by atomic mass is 16.4. The lowest BCUT2D eigenvalue weighted by atomic mass is 10.0. The molecule has 0 fully saturated rings. The lowest BCUT2D eigenvalue weighted by Gasteiger charge is -2.14. The second kappa shape index (κ2) is 12.1. The van der Waals surface area contributed by atoms with Crippen molar-refractivity contribution in [2.45, 2.75) is 13.8 Å². The first-order chi connectivity index (χ1) is 24.1. The molecule has 7 N–H and O–H groups in total. The molecule has 0 unspecified atom stereocenters. The summed E-state index contributed by atoms with van der Waals surface area (Å²) in [6.45, 7) is 2.97. The second-order valence-corrected chi connectivity index (χ2v) is 11.2. The van der Waals surface area contributed by atoms with Gasteiger partial charge in [0.05, 0.1) is 44.8 Å². The summed E-state index contributed by atoms with van der Waals surface area (Å²) in [6.07, 6.45) is 4.05. The number of nitrogens with zero attached hydrogens (tertiary/aromatic N) is 4. The van der Waals surface area contributed by atoms with Crippen molar-refractivity contribution in [3.8, 4) is 23.0 Å². The zero-order chi connectivity index (χ0) is 37.0. The molecule has 0 saturated heterocycles. The van der Waals surface area contributed by atoms with Gasteiger partial charge in [0.25, 0.3) is 17.0 Å². The van der Waals surface area contributed by atoms with E-state index < -0.39 is 69.0 Å². The first kappa shape index (κ1) is 33.3. The summed E-state index contributed by atoms with van der Waals surface area (Å²) in [7, 11) is 0. The third-order valence-corrected chi connectivity index (χ3v) is 8.05. The standard InChI is InChI=1S/C33H22N6O12/c1-12-20(26(40)34-24-22(12)28(42)38(36-24)18-8-14(30(44)45)6-15(9-18)31(46)47)4-3-5-21-13(2)23-25(35-27(21)41)37-39(29(23)43)19-10-16(32(48)49)7-17(11-19)33(50)51/h3-11H,1-2H3,(H,44,45)(H,46,47)(H,48,49)(H,50,51)(H,34,36,40)(H2,35,37,41)/b5-3?,20-4-. The predicted octanol–water partition coefficient (Wildman–Crippen LogP) is 1.16. The van der Waals surface area contributed by atoms with Crippen LogP contribution in [-0.2, 0) is 0 Å². The van der Waals surface area contributed by atoms with Gasteiger partial charge < -0.3 is 35.5 Å². The Hall–Kier alpha value is -7.63. The van der Waals surface area contributed by atoms with Crippen LogP contribution in [0.2, 0.25) is 0 Å². The number of aromatic hydroxyl groups is 1. The average molecular weight is 695 g/mol. The van der Waals surface area contributed by atoms with E-state index in [1.54, 1.807) is 0 Å². The van der Waals surface area contributed by atoms with Crippen LogP contribution in [0.15, 0.2) is 57.2 Å². The molecule has 0 bridgehead atoms. The third-order valence-electron chi connectivity index (χ3n) is 8.05. The van der Waals surface area contributed by atoms with Crippen LogP contribution >= 0.6 is 0 Å². The fraction of sp³-hybridized carbons (Fsp3) is 0.0606. The molecule has 18 nitrogen and oxygen atoms in total. The lowest BCUT2D eigenvalue weighted by Crippen LogP contribution is -2.38. The number of aromatic amines is 2. The summed E-state index contributed by atoms with van der Waals surface area (Å²) in [5, 5.41) is 57.5. The number of rotatable bonds is 8. The Bertz CT molecular complexity index is 2600. The molecule has 51 heavy (non-hydrogen) atoms. The van der Waals surface area contributed by atoms with Crippen molar-refractivity contribution in [1.29, 1.82) is 0 Å². The molecule has 3 aliphatic rings. The Morgan fingerprint density at radius 2 is 1.25 bits per heavy atom. The maximum absolute atomic E-state index is 13.5. The maximum atomic E-state index is 13.5. The van der Waals surface area contributed by atoms with Gasteiger partial charge in [-0.2, -0.15) is 9.69 Å². The van der Waals surface area contributed by atoms with Crippen molar-refractivity contribution >= 4 is 47.6 Å². The van der Waals surface area contributed by atoms with Crippen molar-refractivity contribution in [1.82, 2.24) is 19.7 Å². The van der Waals surface area contributed by atoms with Gasteiger partial charge in [0.1, 0.15) is 0 Å². The number of hydrogen-bond acceptors (Lipinski definition) is 10. The van der Waals surface area contributed by atoms with Crippen molar-refractivity contribution in [3.05, 3.63) is 118 Å². The fourth-order valence-corrected chi connectivity index (χ4v) is 5.58. The van der Waals surface area contributed by atoms with Crippen LogP contribution in [0.5, 0.6) is 5.88 Å². The van der Waals surface area contributed by atoms with Crippen LogP contribution in [-0.4, -0.2) is 75.1 Å². The molecule has 0 atom stereocenters. The highest BCUT2D eigenvalue weighted by molar-refractivity contribution is 6.09. The number of aromatic carboxylic acids is 4. The number of carbonyl (C=O) groups excluding carboxylic acids is 1. The van der Waals surface area contributed by atoms with Gasteiger partial charge in [0.2, 0.25) is 0 Å². The third kappa shape index (κ3) is 5.67. The molecule has 3 aliphatic heterocycles. The van der Waals surface area contributed by atoms with Crippen LogP contribution in [0.4, 0.5) is 5.69 Å². The van der Waals surface area contributed by atoms with Crippen molar-refractivity contribution < 1.29 is 49.5 Å². The first-order valence-electron chi connectivity index (χ1n) is 14.5. The normalized spacial score (nSPS) is 12.8. The van der Waals surface area contributed by atoms with Gasteiger partial charge in [0, 0.05) is 10.8 Å². The van der Waals surface area contributed by atoms with Crippen LogP contribution < -0.4 is 26.8 Å². The molecule has 6 rings (SSSR count). The van der Waals surface area contributed by atoms with E-state index in [0.29, 0.717) is 0 Å². The lowest BCUT2D eigenvalue weighted by molar-refractivity contribution is 0.0676. The number of anilines is 1. The monoisotopic (exact) mass is 694 g/mol. The highest BCUT2D eigenvalue weighted by Gasteiger charge is 2.30. The summed E-state index contributed by atoms with van der Waals surface area (Å²) >= 11 is 0. The molecule has 18 heteroatoms. The number of carboxylic acid groups (broad SMARTS) is 4. The Morgan fingerprint density at radius 1 is 0.725 bits per heavy atom. The Balaban J connectivity index is 1.39. The molecular weight excluding hydrogens is 672 g/mol. The van der Waals surface area contributed by atoms with Crippen LogP contribution in [0.3, 0.4) is 0 Å². The Labute approximate surface area is 282 Å². The molecule has 0 radical (unpaired) electrons. The Kier molecular flexibility index (Phi) is 7.90. The largest absolute Gasteiger partial charge is 0.494 e. The zero-order valence-corrected chi connectivity index (χ0v) is 26.1. The zero-order valence-electron chi connectivity index (χ0n) is 26.1. The molecule has 256 valence electrons. The fourth-order valence-electron chi connectivity index (χ4n) is 5.58. The smallest absolute Gasteiger partial charge is 0.335 e. The summed E-state index contributed by atoms with van der Waals surface area (Å²) in [5.41, 5.74) is -3.02. The number of carboxylic acids is 4. The van der Waals surface area contributed by atoms with E-state index in [4.69, 9.17) is 0 Å². The molecule has 2 aromatic carbocycles. The number of carbonyl (C=O) groups is 5. The summed E-state index contributed by atoms with van der Waals surface area (Å²) in [5.74, 6) is -7.02. The van der Waals surface area contributed by atoms with E-state index in [2.05, 4.69) is 20.2 Å². The number of pyridine rings is 2. The van der Waals surface area contributed by atoms with Crippen molar-refractivity contribution in [2.24, 2.45) is 5.10 Å². The predicted molar refractivity (Wildman–Crippen MR) is 174 cm³/mol. The first-order valence-corrected chi connectivity index (χ1v) is 14.5. The van der Waals surface area contributed by atoms with E-state index >= 15 is 0 Å². The van der Waals surface area contributed by atoms with Gasteiger partial charge in [-0.25, -0.2) is 19.2 Å². The maximum Gasteiger partial charge on any atom is 0.335 e. The topological polar surface area (TPSA) is 286 Å². The minimum absolute atomic E-state index is 0.00740. The SMILES string of the molecule is Cc1c(C=C/C=c2/c(C)c3c([nH]c2=O)=NN(c2cc(C(=O)O)cc(C(=O)O)c2)C3=O)c(O)[nH]c2nn(-c3cc(C(=O)O)cc(C(=O)O)c3)c(=O)c1-2. The number of H-pyrrole nitrogens is 2. The van der Waals surface area contributed by atoms with Crippen molar-refractivity contribution in [2.75, 3.05) is 5.01 Å². The number of benzene rings is 2. The van der Waals surface area contributed by atoms with Crippen LogP contribution in [0.25, 0.3) is 29.2 Å². The molecule has 1 amide bonds. The van der Waals surface area contributed by atoms with Gasteiger partial charge in [0.15, 0.2) is 17.2 Å². The van der Waals surface area contributed by atoms with Gasteiger partial charge in [-0.15, -0.1) is 10.2 Å². The molecule has 3 aromatic rings. The van der Waals surface area contributed by atoms with E-state index in [1.807, 2.05) is 0 Å².